The van der Waals surface area contributed by atoms with E-state index in [-0.39, 0.29) is 6.61 Å². The maximum Gasteiger partial charge on any atom is 0.174 e. The molecular formula is C16H13N3O. The van der Waals surface area contributed by atoms with Crippen LogP contribution in [-0.2, 0) is 6.54 Å². The molecule has 0 aromatic heterocycles. The highest BCUT2D eigenvalue weighted by Gasteiger charge is 1.97. The van der Waals surface area contributed by atoms with E-state index in [1.54, 1.807) is 6.07 Å². The summed E-state index contributed by atoms with van der Waals surface area (Å²) in [4.78, 5) is 0. The molecule has 2 aromatic rings. The Balaban J connectivity index is 1.94. The summed E-state index contributed by atoms with van der Waals surface area (Å²) >= 11 is 0. The fourth-order valence-corrected chi connectivity index (χ4v) is 1.72. The summed E-state index contributed by atoms with van der Waals surface area (Å²) in [5, 5.41) is 20.5. The first-order valence-electron chi connectivity index (χ1n) is 6.14. The molecule has 4 heteroatoms. The van der Waals surface area contributed by atoms with Crippen LogP contribution in [0.25, 0.3) is 0 Å². The largest absolute Gasteiger partial charge is 0.479 e. The summed E-state index contributed by atoms with van der Waals surface area (Å²) in [5.41, 5.74) is 2.64. The van der Waals surface area contributed by atoms with Crippen LogP contribution in [-0.4, -0.2) is 6.61 Å². The van der Waals surface area contributed by atoms with E-state index in [0.717, 1.165) is 11.3 Å². The van der Waals surface area contributed by atoms with Crippen molar-refractivity contribution in [2.75, 3.05) is 11.9 Å². The Morgan fingerprint density at radius 3 is 2.55 bits per heavy atom. The van der Waals surface area contributed by atoms with Crippen molar-refractivity contribution in [3.05, 3.63) is 59.7 Å². The van der Waals surface area contributed by atoms with Gasteiger partial charge in [-0.1, -0.05) is 18.2 Å². The summed E-state index contributed by atoms with van der Waals surface area (Å²) in [5.74, 6) is 0.682. The molecule has 4 nitrogen and oxygen atoms in total. The molecule has 0 amide bonds. The molecule has 0 heterocycles. The van der Waals surface area contributed by atoms with E-state index in [4.69, 9.17) is 15.3 Å². The Labute approximate surface area is 117 Å². The standard InChI is InChI=1S/C16H13N3O/c17-8-9-20-16-6-4-13(5-7-16)12-19-15-3-1-2-14(10-15)11-18/h1-7,10,19H,9,12H2. The molecule has 20 heavy (non-hydrogen) atoms. The van der Waals surface area contributed by atoms with E-state index in [9.17, 15) is 0 Å². The molecule has 0 atom stereocenters. The minimum Gasteiger partial charge on any atom is -0.479 e. The molecule has 0 aliphatic rings. The second-order valence-electron chi connectivity index (χ2n) is 4.14. The average molecular weight is 263 g/mol. The van der Waals surface area contributed by atoms with Crippen molar-refractivity contribution < 1.29 is 4.74 Å². The quantitative estimate of drug-likeness (QED) is 0.900. The summed E-state index contributed by atoms with van der Waals surface area (Å²) in [6.07, 6.45) is 0. The average Bonchev–Trinajstić information content (AvgIpc) is 2.52. The van der Waals surface area contributed by atoms with Crippen LogP contribution in [0, 0.1) is 22.7 Å². The van der Waals surface area contributed by atoms with Gasteiger partial charge >= 0.3 is 0 Å². The van der Waals surface area contributed by atoms with Crippen molar-refractivity contribution >= 4 is 5.69 Å². The number of benzene rings is 2. The molecule has 0 saturated carbocycles. The molecule has 0 bridgehead atoms. The second kappa shape index (κ2) is 6.82. The number of anilines is 1. The zero-order valence-corrected chi connectivity index (χ0v) is 10.8. The van der Waals surface area contributed by atoms with E-state index in [2.05, 4.69) is 11.4 Å². The lowest BCUT2D eigenvalue weighted by Gasteiger charge is -2.07. The zero-order valence-electron chi connectivity index (χ0n) is 10.8. The van der Waals surface area contributed by atoms with Gasteiger partial charge in [0.1, 0.15) is 11.8 Å². The first-order chi connectivity index (χ1) is 9.81. The van der Waals surface area contributed by atoms with Crippen LogP contribution >= 0.6 is 0 Å². The van der Waals surface area contributed by atoms with E-state index < -0.39 is 0 Å². The molecular weight excluding hydrogens is 250 g/mol. The van der Waals surface area contributed by atoms with Crippen LogP contribution in [0.4, 0.5) is 5.69 Å². The number of hydrogen-bond donors (Lipinski definition) is 1. The normalized spacial score (nSPS) is 9.30. The van der Waals surface area contributed by atoms with Crippen molar-refractivity contribution in [1.82, 2.24) is 0 Å². The van der Waals surface area contributed by atoms with Gasteiger partial charge in [-0.15, -0.1) is 0 Å². The van der Waals surface area contributed by atoms with Crippen LogP contribution in [0.3, 0.4) is 0 Å². The molecule has 1 N–H and O–H groups in total. The first kappa shape index (κ1) is 13.5. The molecule has 0 spiro atoms. The first-order valence-corrected chi connectivity index (χ1v) is 6.14. The van der Waals surface area contributed by atoms with Crippen molar-refractivity contribution in [3.8, 4) is 17.9 Å². The van der Waals surface area contributed by atoms with Crippen LogP contribution in [0.1, 0.15) is 11.1 Å². The predicted octanol–water partition coefficient (Wildman–Crippen LogP) is 3.07. The lowest BCUT2D eigenvalue weighted by Crippen LogP contribution is -2.00. The van der Waals surface area contributed by atoms with E-state index >= 15 is 0 Å². The Kier molecular flexibility index (Phi) is 4.59. The highest BCUT2D eigenvalue weighted by molar-refractivity contribution is 5.49. The van der Waals surface area contributed by atoms with Gasteiger partial charge in [-0.3, -0.25) is 0 Å². The number of hydrogen-bond acceptors (Lipinski definition) is 4. The third kappa shape index (κ3) is 3.76. The summed E-state index contributed by atoms with van der Waals surface area (Å²) in [6.45, 7) is 0.714. The van der Waals surface area contributed by atoms with Gasteiger partial charge in [0.25, 0.3) is 0 Å². The third-order valence-electron chi connectivity index (χ3n) is 2.72. The highest BCUT2D eigenvalue weighted by atomic mass is 16.5. The van der Waals surface area contributed by atoms with Gasteiger partial charge in [-0.05, 0) is 35.9 Å². The maximum atomic E-state index is 8.83. The molecule has 0 saturated heterocycles. The molecule has 2 rings (SSSR count). The SMILES string of the molecule is N#CCOc1ccc(CNc2cccc(C#N)c2)cc1. The van der Waals surface area contributed by atoms with Crippen molar-refractivity contribution in [2.45, 2.75) is 6.54 Å². The van der Waals surface area contributed by atoms with Gasteiger partial charge in [-0.25, -0.2) is 0 Å². The Morgan fingerprint density at radius 1 is 1.05 bits per heavy atom. The number of nitriles is 2. The van der Waals surface area contributed by atoms with Crippen LogP contribution < -0.4 is 10.1 Å². The monoisotopic (exact) mass is 263 g/mol. The molecule has 0 fully saturated rings. The van der Waals surface area contributed by atoms with Gasteiger partial charge in [-0.2, -0.15) is 10.5 Å². The number of nitrogens with zero attached hydrogens (tertiary/aromatic N) is 2. The zero-order chi connectivity index (χ0) is 14.2. The maximum absolute atomic E-state index is 8.83. The van der Waals surface area contributed by atoms with Crippen LogP contribution in [0.15, 0.2) is 48.5 Å². The summed E-state index contributed by atoms with van der Waals surface area (Å²) < 4.78 is 5.19. The minimum absolute atomic E-state index is 0.0541. The third-order valence-corrected chi connectivity index (χ3v) is 2.72. The number of nitrogens with one attached hydrogen (secondary N) is 1. The van der Waals surface area contributed by atoms with Gasteiger partial charge in [0.15, 0.2) is 6.61 Å². The van der Waals surface area contributed by atoms with E-state index in [0.29, 0.717) is 17.9 Å². The van der Waals surface area contributed by atoms with Crippen molar-refractivity contribution in [1.29, 1.82) is 10.5 Å². The lowest BCUT2D eigenvalue weighted by atomic mass is 10.2. The van der Waals surface area contributed by atoms with Gasteiger partial charge in [0.2, 0.25) is 0 Å². The summed E-state index contributed by atoms with van der Waals surface area (Å²) in [7, 11) is 0. The van der Waals surface area contributed by atoms with Gasteiger partial charge < -0.3 is 10.1 Å². The smallest absolute Gasteiger partial charge is 0.174 e. The topological polar surface area (TPSA) is 68.8 Å². The molecule has 2 aromatic carbocycles. The van der Waals surface area contributed by atoms with E-state index in [1.165, 1.54) is 0 Å². The fraction of sp³-hybridized carbons (Fsp3) is 0.125. The highest BCUT2D eigenvalue weighted by Crippen LogP contribution is 2.15. The number of rotatable bonds is 5. The van der Waals surface area contributed by atoms with Crippen LogP contribution in [0.2, 0.25) is 0 Å². The molecule has 0 aliphatic carbocycles. The Morgan fingerprint density at radius 2 is 1.85 bits per heavy atom. The molecule has 98 valence electrons. The van der Waals surface area contributed by atoms with Gasteiger partial charge in [0.05, 0.1) is 11.6 Å². The fourth-order valence-electron chi connectivity index (χ4n) is 1.72. The van der Waals surface area contributed by atoms with Crippen molar-refractivity contribution in [2.24, 2.45) is 0 Å². The Hall–Kier alpha value is -2.98. The summed E-state index contributed by atoms with van der Waals surface area (Å²) in [6, 6.07) is 18.9. The minimum atomic E-state index is 0.0541. The van der Waals surface area contributed by atoms with Crippen molar-refractivity contribution in [3.63, 3.8) is 0 Å². The van der Waals surface area contributed by atoms with Gasteiger partial charge in [0, 0.05) is 12.2 Å². The number of ether oxygens (including phenoxy) is 1. The molecule has 0 aliphatic heterocycles. The second-order valence-corrected chi connectivity index (χ2v) is 4.14. The Bertz CT molecular complexity index is 651. The molecule has 0 radical (unpaired) electrons. The van der Waals surface area contributed by atoms with E-state index in [1.807, 2.05) is 48.5 Å². The lowest BCUT2D eigenvalue weighted by molar-refractivity contribution is 0.368. The van der Waals surface area contributed by atoms with Crippen LogP contribution in [0.5, 0.6) is 5.75 Å². The predicted molar refractivity (Wildman–Crippen MR) is 76.0 cm³/mol. The molecule has 0 unspecified atom stereocenters.